The zero-order chi connectivity index (χ0) is 31.2. The molecule has 0 heterocycles. The normalized spacial score (nSPS) is 14.7. The van der Waals surface area contributed by atoms with Crippen molar-refractivity contribution in [2.45, 2.75) is 63.8 Å². The Bertz CT molecular complexity index is 1510. The smallest absolute Gasteiger partial charge is 0.352 e. The Morgan fingerprint density at radius 2 is 1.58 bits per heavy atom. The highest BCUT2D eigenvalue weighted by Crippen LogP contribution is 2.32. The zero-order valence-electron chi connectivity index (χ0n) is 24.2. The summed E-state index contributed by atoms with van der Waals surface area (Å²) in [6.07, 6.45) is -0.0836. The molecule has 0 radical (unpaired) electrons. The van der Waals surface area contributed by atoms with E-state index in [4.69, 9.17) is 0 Å². The van der Waals surface area contributed by atoms with Gasteiger partial charge in [0.2, 0.25) is 21.8 Å². The van der Waals surface area contributed by atoms with Crippen molar-refractivity contribution in [2.24, 2.45) is 0 Å². The number of carbonyl (C=O) groups is 2. The minimum absolute atomic E-state index is 0.00507. The van der Waals surface area contributed by atoms with Gasteiger partial charge in [0, 0.05) is 19.0 Å². The van der Waals surface area contributed by atoms with Crippen LogP contribution in [-0.4, -0.2) is 50.0 Å². The van der Waals surface area contributed by atoms with Crippen LogP contribution in [-0.2, 0) is 38.8 Å². The number of rotatable bonds is 11. The summed E-state index contributed by atoms with van der Waals surface area (Å²) >= 11 is 0. The van der Waals surface area contributed by atoms with E-state index in [1.807, 2.05) is 61.5 Å². The second kappa shape index (κ2) is 13.6. The van der Waals surface area contributed by atoms with Gasteiger partial charge in [0.1, 0.15) is 12.6 Å². The topological polar surface area (TPSA) is 86.8 Å². The van der Waals surface area contributed by atoms with Gasteiger partial charge in [-0.25, -0.2) is 8.42 Å². The van der Waals surface area contributed by atoms with Gasteiger partial charge >= 0.3 is 6.18 Å². The van der Waals surface area contributed by atoms with Gasteiger partial charge in [-0.05, 0) is 49.1 Å². The van der Waals surface area contributed by atoms with E-state index in [0.29, 0.717) is 10.4 Å². The number of benzene rings is 3. The van der Waals surface area contributed by atoms with E-state index in [1.54, 1.807) is 0 Å². The summed E-state index contributed by atoms with van der Waals surface area (Å²) in [5.74, 6) is -1.08. The summed E-state index contributed by atoms with van der Waals surface area (Å²) in [5.41, 5.74) is 1.18. The summed E-state index contributed by atoms with van der Waals surface area (Å²) in [7, 11) is -4.19. The molecule has 1 aliphatic carbocycles. The third-order valence-electron chi connectivity index (χ3n) is 7.59. The number of alkyl halides is 3. The molecule has 1 atom stereocenters. The Kier molecular flexibility index (Phi) is 10.2. The number of amides is 2. The van der Waals surface area contributed by atoms with E-state index in [9.17, 15) is 31.2 Å². The molecule has 1 N–H and O–H groups in total. The lowest BCUT2D eigenvalue weighted by atomic mass is 10.0. The Morgan fingerprint density at radius 3 is 2.19 bits per heavy atom. The van der Waals surface area contributed by atoms with Crippen molar-refractivity contribution in [2.75, 3.05) is 17.1 Å². The molecule has 43 heavy (non-hydrogen) atoms. The molecular weight excluding hydrogens is 579 g/mol. The molecule has 1 saturated carbocycles. The number of sulfonamides is 1. The number of hydrogen-bond donors (Lipinski definition) is 1. The van der Waals surface area contributed by atoms with Crippen molar-refractivity contribution in [3.63, 3.8) is 0 Å². The van der Waals surface area contributed by atoms with Crippen LogP contribution < -0.4 is 9.62 Å². The predicted octanol–water partition coefficient (Wildman–Crippen LogP) is 5.48. The van der Waals surface area contributed by atoms with E-state index >= 15 is 0 Å². The number of hydrogen-bond acceptors (Lipinski definition) is 4. The maximum absolute atomic E-state index is 14.1. The number of nitrogens with zero attached hydrogens (tertiary/aromatic N) is 2. The number of anilines is 1. The molecule has 4 rings (SSSR count). The van der Waals surface area contributed by atoms with Crippen LogP contribution in [0.2, 0.25) is 0 Å². The largest absolute Gasteiger partial charge is 0.416 e. The molecule has 3 aromatic rings. The monoisotopic (exact) mass is 615 g/mol. The molecule has 1 aliphatic rings. The fourth-order valence-electron chi connectivity index (χ4n) is 5.26. The first kappa shape index (κ1) is 32.1. The van der Waals surface area contributed by atoms with Crippen molar-refractivity contribution < 1.29 is 31.2 Å². The Labute approximate surface area is 250 Å². The van der Waals surface area contributed by atoms with Gasteiger partial charge in [-0.3, -0.25) is 13.9 Å². The fourth-order valence-corrected chi connectivity index (χ4v) is 6.10. The number of aryl methyl sites for hydroxylation is 1. The van der Waals surface area contributed by atoms with E-state index < -0.39 is 40.3 Å². The minimum atomic E-state index is -4.71. The molecule has 1 fully saturated rings. The van der Waals surface area contributed by atoms with E-state index in [2.05, 4.69) is 5.32 Å². The van der Waals surface area contributed by atoms with Crippen molar-refractivity contribution in [1.29, 1.82) is 0 Å². The number of carbonyl (C=O) groups excluding carboxylic acids is 2. The molecule has 0 spiro atoms. The lowest BCUT2D eigenvalue weighted by Gasteiger charge is -2.34. The number of nitrogens with one attached hydrogen (secondary N) is 1. The first-order valence-corrected chi connectivity index (χ1v) is 16.0. The molecular formula is C32H36F3N3O4S. The summed E-state index contributed by atoms with van der Waals surface area (Å²) in [6.45, 7) is 1.13. The van der Waals surface area contributed by atoms with Gasteiger partial charge in [0.05, 0.1) is 17.5 Å². The molecule has 0 aliphatic heterocycles. The van der Waals surface area contributed by atoms with Crippen LogP contribution in [0.5, 0.6) is 0 Å². The van der Waals surface area contributed by atoms with Gasteiger partial charge in [0.25, 0.3) is 0 Å². The van der Waals surface area contributed by atoms with Crippen LogP contribution >= 0.6 is 0 Å². The van der Waals surface area contributed by atoms with Crippen LogP contribution in [0.3, 0.4) is 0 Å². The molecule has 3 aromatic carbocycles. The lowest BCUT2D eigenvalue weighted by Crippen LogP contribution is -2.54. The number of halogens is 3. The van der Waals surface area contributed by atoms with Gasteiger partial charge in [0.15, 0.2) is 0 Å². The van der Waals surface area contributed by atoms with Crippen molar-refractivity contribution in [3.05, 3.63) is 101 Å². The molecule has 230 valence electrons. The van der Waals surface area contributed by atoms with E-state index in [1.165, 1.54) is 11.0 Å². The van der Waals surface area contributed by atoms with Crippen LogP contribution in [0.25, 0.3) is 0 Å². The molecule has 2 amide bonds. The summed E-state index contributed by atoms with van der Waals surface area (Å²) in [5, 5.41) is 3.08. The highest BCUT2D eigenvalue weighted by Gasteiger charge is 2.35. The SMILES string of the molecule is Cc1ccc(CN(C(=O)CN(c2cccc(C(F)(F)F)c2)S(C)(=O)=O)[C@@H](Cc2ccccc2)C(=O)NC2CCCC2)cc1. The highest BCUT2D eigenvalue weighted by molar-refractivity contribution is 7.92. The van der Waals surface area contributed by atoms with Crippen molar-refractivity contribution in [1.82, 2.24) is 10.2 Å². The third-order valence-corrected chi connectivity index (χ3v) is 8.73. The summed E-state index contributed by atoms with van der Waals surface area (Å²) in [6, 6.07) is 19.4. The fraction of sp³-hybridized carbons (Fsp3) is 0.375. The van der Waals surface area contributed by atoms with E-state index in [-0.39, 0.29) is 30.6 Å². The maximum atomic E-state index is 14.1. The summed E-state index contributed by atoms with van der Waals surface area (Å²) in [4.78, 5) is 29.3. The minimum Gasteiger partial charge on any atom is -0.352 e. The average molecular weight is 616 g/mol. The van der Waals surface area contributed by atoms with Crippen molar-refractivity contribution in [3.8, 4) is 0 Å². The zero-order valence-corrected chi connectivity index (χ0v) is 25.0. The average Bonchev–Trinajstić information content (AvgIpc) is 3.47. The van der Waals surface area contributed by atoms with Crippen LogP contribution in [0.4, 0.5) is 18.9 Å². The maximum Gasteiger partial charge on any atom is 0.416 e. The first-order valence-electron chi connectivity index (χ1n) is 14.2. The second-order valence-electron chi connectivity index (χ2n) is 11.0. The van der Waals surface area contributed by atoms with Gasteiger partial charge in [-0.15, -0.1) is 0 Å². The third kappa shape index (κ3) is 8.82. The summed E-state index contributed by atoms with van der Waals surface area (Å²) < 4.78 is 66.8. The predicted molar refractivity (Wildman–Crippen MR) is 160 cm³/mol. The molecule has 0 bridgehead atoms. The quantitative estimate of drug-likeness (QED) is 0.310. The highest BCUT2D eigenvalue weighted by atomic mass is 32.2. The molecule has 11 heteroatoms. The molecule has 0 saturated heterocycles. The van der Waals surface area contributed by atoms with Crippen molar-refractivity contribution >= 4 is 27.5 Å². The Morgan fingerprint density at radius 1 is 0.930 bits per heavy atom. The first-order chi connectivity index (χ1) is 20.3. The van der Waals surface area contributed by atoms with Crippen LogP contribution in [0.1, 0.15) is 47.9 Å². The van der Waals surface area contributed by atoms with Gasteiger partial charge < -0.3 is 10.2 Å². The second-order valence-corrected chi connectivity index (χ2v) is 12.9. The van der Waals surface area contributed by atoms with Gasteiger partial charge in [-0.2, -0.15) is 13.2 Å². The lowest BCUT2D eigenvalue weighted by molar-refractivity contribution is -0.140. The van der Waals surface area contributed by atoms with Crippen LogP contribution in [0.15, 0.2) is 78.9 Å². The standard InChI is InChI=1S/C32H36F3N3O4S/c1-23-15-17-25(18-16-23)21-37(29(19-24-9-4-3-5-10-24)31(40)36-27-12-6-7-13-27)30(39)22-38(43(2,41)42)28-14-8-11-26(20-28)32(33,34)35/h3-5,8-11,14-18,20,27,29H,6-7,12-13,19,21-22H2,1-2H3,(H,36,40)/t29-/m0/s1. The molecule has 7 nitrogen and oxygen atoms in total. The Balaban J connectivity index is 1.73. The molecule has 0 unspecified atom stereocenters. The van der Waals surface area contributed by atoms with Gasteiger partial charge in [-0.1, -0.05) is 79.1 Å². The van der Waals surface area contributed by atoms with E-state index in [0.717, 1.165) is 60.8 Å². The van der Waals surface area contributed by atoms with Crippen LogP contribution in [0, 0.1) is 6.92 Å². The molecule has 0 aromatic heterocycles. The Hall–Kier alpha value is -3.86.